The van der Waals surface area contributed by atoms with Crippen LogP contribution >= 0.6 is 0 Å². The lowest BCUT2D eigenvalue weighted by Gasteiger charge is -2.17. The third-order valence-corrected chi connectivity index (χ3v) is 4.78. The fraction of sp³-hybridized carbons (Fsp3) is 0.500. The molecular weight excluding hydrogens is 258 g/mol. The van der Waals surface area contributed by atoms with E-state index < -0.39 is 0 Å². The van der Waals surface area contributed by atoms with Crippen molar-refractivity contribution in [2.24, 2.45) is 0 Å². The number of benzene rings is 1. The van der Waals surface area contributed by atoms with E-state index >= 15 is 0 Å². The van der Waals surface area contributed by atoms with Crippen LogP contribution in [0.2, 0.25) is 0 Å². The highest BCUT2D eigenvalue weighted by atomic mass is 15.2. The Labute approximate surface area is 126 Å². The number of hydrogen-bond donors (Lipinski definition) is 1. The average Bonchev–Trinajstić information content (AvgIpc) is 3.20. The number of imidazole rings is 1. The molecule has 2 aromatic rings. The molecule has 2 atom stereocenters. The lowest BCUT2D eigenvalue weighted by Crippen LogP contribution is -2.25. The normalized spacial score (nSPS) is 24.1. The fourth-order valence-electron chi connectivity index (χ4n) is 3.66. The second-order valence-electron chi connectivity index (χ2n) is 6.64. The summed E-state index contributed by atoms with van der Waals surface area (Å²) in [5.74, 6) is 2.46. The van der Waals surface area contributed by atoms with Gasteiger partial charge in [-0.25, -0.2) is 4.98 Å². The Balaban J connectivity index is 1.71. The Hall–Kier alpha value is -1.61. The lowest BCUT2D eigenvalue weighted by molar-refractivity contribution is 0.571. The molecule has 0 radical (unpaired) electrons. The number of nitrogens with one attached hydrogen (secondary N) is 1. The Morgan fingerprint density at radius 1 is 1.24 bits per heavy atom. The molecule has 1 N–H and O–H groups in total. The SMILES string of the molecule is CC(C)c1nc2c(n1C1CC1c1ccccc1)CCNC2. The monoisotopic (exact) mass is 281 g/mol. The van der Waals surface area contributed by atoms with Crippen molar-refractivity contribution in [1.82, 2.24) is 14.9 Å². The van der Waals surface area contributed by atoms with Gasteiger partial charge in [0.05, 0.1) is 5.69 Å². The summed E-state index contributed by atoms with van der Waals surface area (Å²) in [5, 5.41) is 3.45. The van der Waals surface area contributed by atoms with Crippen molar-refractivity contribution >= 4 is 0 Å². The van der Waals surface area contributed by atoms with Gasteiger partial charge in [-0.3, -0.25) is 0 Å². The zero-order chi connectivity index (χ0) is 14.4. The maximum Gasteiger partial charge on any atom is 0.112 e. The van der Waals surface area contributed by atoms with E-state index in [4.69, 9.17) is 4.98 Å². The summed E-state index contributed by atoms with van der Waals surface area (Å²) in [4.78, 5) is 4.94. The quantitative estimate of drug-likeness (QED) is 0.934. The van der Waals surface area contributed by atoms with Crippen LogP contribution in [0.25, 0.3) is 0 Å². The van der Waals surface area contributed by atoms with E-state index in [0.29, 0.717) is 17.9 Å². The van der Waals surface area contributed by atoms with Crippen LogP contribution in [0.4, 0.5) is 0 Å². The van der Waals surface area contributed by atoms with Crippen molar-refractivity contribution in [3.8, 4) is 0 Å². The molecule has 4 rings (SSSR count). The van der Waals surface area contributed by atoms with Crippen molar-refractivity contribution in [3.05, 3.63) is 53.1 Å². The zero-order valence-electron chi connectivity index (χ0n) is 12.8. The van der Waals surface area contributed by atoms with Crippen LogP contribution in [-0.2, 0) is 13.0 Å². The summed E-state index contributed by atoms with van der Waals surface area (Å²) in [6.07, 6.45) is 2.38. The Morgan fingerprint density at radius 2 is 2.05 bits per heavy atom. The van der Waals surface area contributed by atoms with Gasteiger partial charge in [-0.2, -0.15) is 0 Å². The van der Waals surface area contributed by atoms with Crippen molar-refractivity contribution in [2.45, 2.75) is 51.1 Å². The molecule has 3 heteroatoms. The molecule has 1 aliphatic heterocycles. The third kappa shape index (κ3) is 2.20. The van der Waals surface area contributed by atoms with E-state index in [1.54, 1.807) is 0 Å². The van der Waals surface area contributed by atoms with Crippen molar-refractivity contribution in [1.29, 1.82) is 0 Å². The smallest absolute Gasteiger partial charge is 0.112 e. The van der Waals surface area contributed by atoms with Gasteiger partial charge in [0.1, 0.15) is 5.82 Å². The second kappa shape index (κ2) is 4.99. The number of rotatable bonds is 3. The topological polar surface area (TPSA) is 29.9 Å². The highest BCUT2D eigenvalue weighted by molar-refractivity contribution is 5.31. The molecule has 3 nitrogen and oxygen atoms in total. The van der Waals surface area contributed by atoms with Gasteiger partial charge in [0.25, 0.3) is 0 Å². The summed E-state index contributed by atoms with van der Waals surface area (Å²) in [5.41, 5.74) is 4.25. The van der Waals surface area contributed by atoms with E-state index in [1.807, 2.05) is 0 Å². The average molecular weight is 281 g/mol. The highest BCUT2D eigenvalue weighted by Gasteiger charge is 2.43. The largest absolute Gasteiger partial charge is 0.328 e. The van der Waals surface area contributed by atoms with E-state index in [-0.39, 0.29) is 0 Å². The van der Waals surface area contributed by atoms with E-state index in [2.05, 4.69) is 54.1 Å². The molecule has 1 aromatic heterocycles. The Morgan fingerprint density at radius 3 is 2.81 bits per heavy atom. The lowest BCUT2D eigenvalue weighted by atomic mass is 10.1. The number of hydrogen-bond acceptors (Lipinski definition) is 2. The number of nitrogens with zero attached hydrogens (tertiary/aromatic N) is 2. The minimum absolute atomic E-state index is 0.493. The molecule has 0 amide bonds. The maximum absolute atomic E-state index is 4.94. The molecule has 1 aliphatic carbocycles. The molecule has 0 saturated heterocycles. The molecule has 1 saturated carbocycles. The zero-order valence-corrected chi connectivity index (χ0v) is 12.8. The molecule has 0 bridgehead atoms. The molecule has 0 spiro atoms. The first-order valence-electron chi connectivity index (χ1n) is 8.11. The number of fused-ring (bicyclic) bond motifs is 1. The van der Waals surface area contributed by atoms with Gasteiger partial charge in [0, 0.05) is 43.1 Å². The summed E-state index contributed by atoms with van der Waals surface area (Å²) >= 11 is 0. The molecule has 21 heavy (non-hydrogen) atoms. The van der Waals surface area contributed by atoms with Gasteiger partial charge in [0.15, 0.2) is 0 Å². The van der Waals surface area contributed by atoms with Gasteiger partial charge in [-0.15, -0.1) is 0 Å². The van der Waals surface area contributed by atoms with E-state index in [9.17, 15) is 0 Å². The molecule has 2 aliphatic rings. The van der Waals surface area contributed by atoms with Crippen molar-refractivity contribution < 1.29 is 0 Å². The van der Waals surface area contributed by atoms with Gasteiger partial charge >= 0.3 is 0 Å². The minimum atomic E-state index is 0.493. The summed E-state index contributed by atoms with van der Waals surface area (Å²) in [7, 11) is 0. The Kier molecular flexibility index (Phi) is 3.11. The molecule has 1 fully saturated rings. The van der Waals surface area contributed by atoms with Crippen LogP contribution in [0.15, 0.2) is 30.3 Å². The highest BCUT2D eigenvalue weighted by Crippen LogP contribution is 2.53. The second-order valence-corrected chi connectivity index (χ2v) is 6.64. The first-order valence-corrected chi connectivity index (χ1v) is 8.11. The van der Waals surface area contributed by atoms with Crippen molar-refractivity contribution in [2.75, 3.05) is 6.54 Å². The summed E-state index contributed by atoms with van der Waals surface area (Å²) < 4.78 is 2.58. The predicted molar refractivity (Wildman–Crippen MR) is 84.6 cm³/mol. The Bertz CT molecular complexity index is 642. The van der Waals surface area contributed by atoms with E-state index in [0.717, 1.165) is 19.5 Å². The van der Waals surface area contributed by atoms with E-state index in [1.165, 1.54) is 29.2 Å². The van der Waals surface area contributed by atoms with Gasteiger partial charge < -0.3 is 9.88 Å². The fourth-order valence-corrected chi connectivity index (χ4v) is 3.66. The van der Waals surface area contributed by atoms with Crippen LogP contribution in [-0.4, -0.2) is 16.1 Å². The molecule has 2 unspecified atom stereocenters. The van der Waals surface area contributed by atoms with Gasteiger partial charge in [0.2, 0.25) is 0 Å². The first kappa shape index (κ1) is 13.1. The van der Waals surface area contributed by atoms with Crippen LogP contribution in [0, 0.1) is 0 Å². The third-order valence-electron chi connectivity index (χ3n) is 4.78. The minimum Gasteiger partial charge on any atom is -0.328 e. The van der Waals surface area contributed by atoms with Gasteiger partial charge in [-0.1, -0.05) is 44.2 Å². The molecule has 110 valence electrons. The summed E-state index contributed by atoms with van der Waals surface area (Å²) in [6.45, 7) is 6.54. The molecule has 1 aromatic carbocycles. The maximum atomic E-state index is 4.94. The van der Waals surface area contributed by atoms with Crippen LogP contribution in [0.1, 0.15) is 60.9 Å². The van der Waals surface area contributed by atoms with Crippen LogP contribution in [0.5, 0.6) is 0 Å². The molecule has 2 heterocycles. The standard InChI is InChI=1S/C18H23N3/c1-12(2)18-20-15-11-19-9-8-16(15)21(18)17-10-14(17)13-6-4-3-5-7-13/h3-7,12,14,17,19H,8-11H2,1-2H3. The van der Waals surface area contributed by atoms with Crippen LogP contribution in [0.3, 0.4) is 0 Å². The molecular formula is C18H23N3. The van der Waals surface area contributed by atoms with Crippen LogP contribution < -0.4 is 5.32 Å². The number of aromatic nitrogens is 2. The first-order chi connectivity index (χ1) is 10.3. The van der Waals surface area contributed by atoms with Gasteiger partial charge in [-0.05, 0) is 12.0 Å². The predicted octanol–water partition coefficient (Wildman–Crippen LogP) is 3.38. The summed E-state index contributed by atoms with van der Waals surface area (Å²) in [6, 6.07) is 11.6. The van der Waals surface area contributed by atoms with Crippen molar-refractivity contribution in [3.63, 3.8) is 0 Å².